The van der Waals surface area contributed by atoms with Gasteiger partial charge in [0, 0.05) is 19.6 Å². The van der Waals surface area contributed by atoms with E-state index in [9.17, 15) is 9.59 Å². The molecule has 0 bridgehead atoms. The summed E-state index contributed by atoms with van der Waals surface area (Å²) in [6.07, 6.45) is 24.7. The van der Waals surface area contributed by atoms with Gasteiger partial charge in [0.15, 0.2) is 0 Å². The van der Waals surface area contributed by atoms with E-state index in [1.54, 1.807) is 0 Å². The molecule has 0 aliphatic carbocycles. The zero-order valence-electron chi connectivity index (χ0n) is 23.9. The zero-order chi connectivity index (χ0) is 27.3. The van der Waals surface area contributed by atoms with Gasteiger partial charge in [-0.3, -0.25) is 9.59 Å². The van der Waals surface area contributed by atoms with Gasteiger partial charge in [-0.15, -0.1) is 12.6 Å². The van der Waals surface area contributed by atoms with E-state index < -0.39 is 5.97 Å². The van der Waals surface area contributed by atoms with Crippen molar-refractivity contribution in [1.29, 1.82) is 0 Å². The van der Waals surface area contributed by atoms with E-state index in [0.717, 1.165) is 45.9 Å². The maximum Gasteiger partial charge on any atom is 0.303 e. The van der Waals surface area contributed by atoms with E-state index in [-0.39, 0.29) is 11.2 Å². The third-order valence-corrected chi connectivity index (χ3v) is 7.08. The molecule has 0 aliphatic heterocycles. The second-order valence-corrected chi connectivity index (χ2v) is 10.6. The van der Waals surface area contributed by atoms with Crippen molar-refractivity contribution in [2.75, 3.05) is 20.2 Å². The predicted molar refractivity (Wildman–Crippen MR) is 157 cm³/mol. The third kappa shape index (κ3) is 31.4. The molecular formula is C29H60N2O4S. The van der Waals surface area contributed by atoms with Gasteiger partial charge in [-0.05, 0) is 52.6 Å². The largest absolute Gasteiger partial charge is 0.481 e. The molecular weight excluding hydrogens is 472 g/mol. The lowest BCUT2D eigenvalue weighted by atomic mass is 10.0. The van der Waals surface area contributed by atoms with Gasteiger partial charge >= 0.3 is 5.97 Å². The summed E-state index contributed by atoms with van der Waals surface area (Å²) in [5.41, 5.74) is 0. The average molecular weight is 533 g/mol. The first-order valence-electron chi connectivity index (χ1n) is 14.8. The molecule has 0 heterocycles. The molecule has 0 aromatic carbocycles. The number of rotatable bonds is 27. The number of carboxylic acids is 1. The van der Waals surface area contributed by atoms with Crippen LogP contribution < -0.4 is 10.6 Å². The monoisotopic (exact) mass is 532 g/mol. The van der Waals surface area contributed by atoms with Crippen molar-refractivity contribution in [2.45, 2.75) is 154 Å². The summed E-state index contributed by atoms with van der Waals surface area (Å²) in [6.45, 7) is 6.09. The first-order valence-corrected chi connectivity index (χ1v) is 15.2. The Labute approximate surface area is 228 Å². The minimum atomic E-state index is -0.661. The number of carbonyl (C=O) groups excluding carboxylic acids is 1. The minimum Gasteiger partial charge on any atom is -0.481 e. The highest BCUT2D eigenvalue weighted by Gasteiger charge is 2.06. The van der Waals surface area contributed by atoms with Crippen molar-refractivity contribution in [1.82, 2.24) is 10.6 Å². The highest BCUT2D eigenvalue weighted by atomic mass is 32.1. The van der Waals surface area contributed by atoms with Gasteiger partial charge < -0.3 is 20.8 Å². The fraction of sp³-hybridized carbons (Fsp3) is 0.931. The van der Waals surface area contributed by atoms with Gasteiger partial charge in [0.25, 0.3) is 0 Å². The molecule has 4 N–H and O–H groups in total. The summed E-state index contributed by atoms with van der Waals surface area (Å²) in [5, 5.41) is 22.3. The minimum absolute atomic E-state index is 0.0890. The van der Waals surface area contributed by atoms with Crippen molar-refractivity contribution in [2.24, 2.45) is 0 Å². The Kier molecular flexibility index (Phi) is 31.9. The number of hydrogen-bond donors (Lipinski definition) is 5. The number of aliphatic carboxylic acids is 1. The molecule has 2 atom stereocenters. The van der Waals surface area contributed by atoms with E-state index in [1.165, 1.54) is 96.3 Å². The van der Waals surface area contributed by atoms with E-state index in [2.05, 4.69) is 30.2 Å². The first kappa shape index (κ1) is 37.5. The quantitative estimate of drug-likeness (QED) is 0.0583. The van der Waals surface area contributed by atoms with Crippen LogP contribution in [-0.2, 0) is 9.59 Å². The van der Waals surface area contributed by atoms with E-state index in [1.807, 2.05) is 6.92 Å². The second kappa shape index (κ2) is 30.6. The van der Waals surface area contributed by atoms with Crippen LogP contribution in [0.5, 0.6) is 0 Å². The molecule has 7 heteroatoms. The number of carboxylic acid groups (broad SMARTS) is 1. The van der Waals surface area contributed by atoms with E-state index in [4.69, 9.17) is 10.2 Å². The van der Waals surface area contributed by atoms with Crippen molar-refractivity contribution < 1.29 is 19.8 Å². The number of hydrogen-bond acceptors (Lipinski definition) is 5. The van der Waals surface area contributed by atoms with Crippen molar-refractivity contribution >= 4 is 23.7 Å². The molecule has 0 amide bonds. The first-order chi connectivity index (χ1) is 17.4. The molecule has 0 saturated heterocycles. The smallest absolute Gasteiger partial charge is 0.303 e. The topological polar surface area (TPSA) is 98.7 Å². The number of aliphatic hydroxyl groups is 1. The number of unbranched alkanes of at least 4 members (excludes halogenated alkanes) is 16. The van der Waals surface area contributed by atoms with Crippen LogP contribution in [0.4, 0.5) is 0 Å². The van der Waals surface area contributed by atoms with Crippen LogP contribution in [0.25, 0.3) is 0 Å². The molecule has 0 rings (SSSR count). The normalized spacial score (nSPS) is 12.6. The van der Waals surface area contributed by atoms with E-state index >= 15 is 0 Å². The lowest BCUT2D eigenvalue weighted by Crippen LogP contribution is -2.32. The number of nitrogens with one attached hydrogen (secondary N) is 2. The lowest BCUT2D eigenvalue weighted by Gasteiger charge is -2.14. The summed E-state index contributed by atoms with van der Waals surface area (Å²) in [5.74, 6) is -0.661. The SMILES string of the molecule is CC(CCCCCCCCCCCCCCCCCCC(=O)O)NCCCCNC(C)C(=O)S.CO. The van der Waals surface area contributed by atoms with Crippen LogP contribution in [0, 0.1) is 0 Å². The van der Waals surface area contributed by atoms with E-state index in [0.29, 0.717) is 12.5 Å². The van der Waals surface area contributed by atoms with Gasteiger partial charge in [0.1, 0.15) is 0 Å². The molecule has 0 radical (unpaired) electrons. The Balaban J connectivity index is 0. The molecule has 0 spiro atoms. The molecule has 216 valence electrons. The summed E-state index contributed by atoms with van der Waals surface area (Å²) >= 11 is 3.84. The van der Waals surface area contributed by atoms with Gasteiger partial charge in [-0.1, -0.05) is 96.3 Å². The van der Waals surface area contributed by atoms with Crippen molar-refractivity contribution in [3.05, 3.63) is 0 Å². The molecule has 0 aromatic rings. The number of carbonyl (C=O) groups is 2. The van der Waals surface area contributed by atoms with Crippen LogP contribution in [0.1, 0.15) is 142 Å². The Bertz CT molecular complexity index is 480. The fourth-order valence-electron chi connectivity index (χ4n) is 4.31. The lowest BCUT2D eigenvalue weighted by molar-refractivity contribution is -0.137. The Hall–Kier alpha value is -0.630. The summed E-state index contributed by atoms with van der Waals surface area (Å²) in [7, 11) is 1.00. The Morgan fingerprint density at radius 1 is 0.611 bits per heavy atom. The number of aliphatic hydroxyl groups excluding tert-OH is 1. The fourth-order valence-corrected chi connectivity index (χ4v) is 4.40. The van der Waals surface area contributed by atoms with Gasteiger partial charge in [-0.25, -0.2) is 0 Å². The maximum absolute atomic E-state index is 11.0. The van der Waals surface area contributed by atoms with Gasteiger partial charge in [-0.2, -0.15) is 0 Å². The Morgan fingerprint density at radius 3 is 1.36 bits per heavy atom. The second-order valence-electron chi connectivity index (χ2n) is 10.2. The van der Waals surface area contributed by atoms with Crippen LogP contribution >= 0.6 is 12.6 Å². The molecule has 2 unspecified atom stereocenters. The molecule has 0 aliphatic rings. The summed E-state index contributed by atoms with van der Waals surface area (Å²) in [6, 6.07) is 0.453. The van der Waals surface area contributed by atoms with Crippen molar-refractivity contribution in [3.63, 3.8) is 0 Å². The van der Waals surface area contributed by atoms with Crippen LogP contribution in [0.15, 0.2) is 0 Å². The Morgan fingerprint density at radius 2 is 0.972 bits per heavy atom. The predicted octanol–water partition coefficient (Wildman–Crippen LogP) is 6.89. The van der Waals surface area contributed by atoms with Crippen molar-refractivity contribution in [3.8, 4) is 0 Å². The highest BCUT2D eigenvalue weighted by molar-refractivity contribution is 7.96. The highest BCUT2D eigenvalue weighted by Crippen LogP contribution is 2.14. The average Bonchev–Trinajstić information content (AvgIpc) is 2.86. The van der Waals surface area contributed by atoms with Crippen LogP contribution in [0.2, 0.25) is 0 Å². The standard InChI is InChI=1S/C28H56N2O3S.CH4O/c1-25(29-23-19-20-24-30-26(2)28(33)34)21-17-15-13-11-9-7-5-3-4-6-8-10-12-14-16-18-22-27(31)32;1-2/h25-26,29-30H,3-24H2,1-2H3,(H,31,32)(H,33,34);2H,1H3. The molecule has 36 heavy (non-hydrogen) atoms. The summed E-state index contributed by atoms with van der Waals surface area (Å²) < 4.78 is 0. The molecule has 0 saturated carbocycles. The molecule has 6 nitrogen and oxygen atoms in total. The maximum atomic E-state index is 11.0. The number of thiol groups is 1. The summed E-state index contributed by atoms with van der Waals surface area (Å²) in [4.78, 5) is 21.5. The zero-order valence-corrected chi connectivity index (χ0v) is 24.8. The van der Waals surface area contributed by atoms with Gasteiger partial charge in [0.05, 0.1) is 6.04 Å². The van der Waals surface area contributed by atoms with Gasteiger partial charge in [0.2, 0.25) is 5.12 Å². The third-order valence-electron chi connectivity index (χ3n) is 6.70. The van der Waals surface area contributed by atoms with Crippen LogP contribution in [-0.4, -0.2) is 53.6 Å². The molecule has 0 aromatic heterocycles. The van der Waals surface area contributed by atoms with Crippen LogP contribution in [0.3, 0.4) is 0 Å². The molecule has 0 fully saturated rings.